The molecule has 2 aliphatic heterocycles. The van der Waals surface area contributed by atoms with Gasteiger partial charge in [-0.3, -0.25) is 4.98 Å². The molecule has 0 saturated carbocycles. The maximum Gasteiger partial charge on any atom is 0.247 e. The van der Waals surface area contributed by atoms with Crippen LogP contribution in [-0.4, -0.2) is 62.1 Å². The smallest absolute Gasteiger partial charge is 0.247 e. The third-order valence-electron chi connectivity index (χ3n) is 6.93. The predicted octanol–water partition coefficient (Wildman–Crippen LogP) is 3.47. The molecule has 0 atom stereocenters. The lowest BCUT2D eigenvalue weighted by atomic mass is 9.86. The molecule has 2 aliphatic rings. The van der Waals surface area contributed by atoms with Gasteiger partial charge in [-0.15, -0.1) is 0 Å². The Morgan fingerprint density at radius 3 is 2.42 bits per heavy atom. The number of fused-ring (bicyclic) bond motifs is 1. The molecule has 8 nitrogen and oxygen atoms in total. The number of anilines is 1. The summed E-state index contributed by atoms with van der Waals surface area (Å²) in [6, 6.07) is 12.7. The van der Waals surface area contributed by atoms with Gasteiger partial charge in [0, 0.05) is 31.2 Å². The van der Waals surface area contributed by atoms with E-state index in [9.17, 15) is 8.42 Å². The fourth-order valence-corrected chi connectivity index (χ4v) is 7.21. The van der Waals surface area contributed by atoms with E-state index in [0.29, 0.717) is 18.0 Å². The first-order chi connectivity index (χ1) is 16.0. The van der Waals surface area contributed by atoms with Gasteiger partial charge in [0.15, 0.2) is 0 Å². The van der Waals surface area contributed by atoms with E-state index in [1.54, 1.807) is 22.5 Å². The monoisotopic (exact) mass is 468 g/mol. The first-order valence-corrected chi connectivity index (χ1v) is 12.6. The molecular formula is C24H28N4O4S. The van der Waals surface area contributed by atoms with Crippen LogP contribution in [0.3, 0.4) is 0 Å². The number of ether oxygens (including phenoxy) is 2. The molecule has 0 aliphatic carbocycles. The summed E-state index contributed by atoms with van der Waals surface area (Å²) < 4.78 is 40.0. The number of aromatic nitrogens is 2. The Kier molecular flexibility index (Phi) is 5.62. The minimum Gasteiger partial charge on any atom is -0.497 e. The van der Waals surface area contributed by atoms with Crippen molar-refractivity contribution in [2.45, 2.75) is 36.1 Å². The van der Waals surface area contributed by atoms with Gasteiger partial charge in [0.2, 0.25) is 10.0 Å². The average molecular weight is 469 g/mol. The van der Waals surface area contributed by atoms with Gasteiger partial charge < -0.3 is 14.4 Å². The van der Waals surface area contributed by atoms with E-state index in [1.807, 2.05) is 30.5 Å². The van der Waals surface area contributed by atoms with E-state index in [0.717, 1.165) is 55.6 Å². The standard InChI is InChI=1S/C24H28N4O4S/c1-31-18-8-9-21(32-2)22(16-18)33(29,30)28-13-5-10-24(28)11-14-27(15-12-24)23-17-25-19-6-3-4-7-20(19)26-23/h3-4,6-9,16-17H,5,10-15H2,1-2H3. The van der Waals surface area contributed by atoms with Crippen LogP contribution in [0, 0.1) is 0 Å². The van der Waals surface area contributed by atoms with Crippen LogP contribution in [0.1, 0.15) is 25.7 Å². The molecule has 3 heterocycles. The summed E-state index contributed by atoms with van der Waals surface area (Å²) in [4.78, 5) is 11.7. The number of sulfonamides is 1. The number of nitrogens with zero attached hydrogens (tertiary/aromatic N) is 4. The van der Waals surface area contributed by atoms with E-state index >= 15 is 0 Å². The normalized spacial score (nSPS) is 18.7. The Balaban J connectivity index is 1.41. The first-order valence-electron chi connectivity index (χ1n) is 11.2. The van der Waals surface area contributed by atoms with Crippen molar-refractivity contribution in [2.24, 2.45) is 0 Å². The van der Waals surface area contributed by atoms with E-state index in [4.69, 9.17) is 14.5 Å². The molecule has 0 amide bonds. The van der Waals surface area contributed by atoms with Crippen LogP contribution in [0.4, 0.5) is 5.82 Å². The summed E-state index contributed by atoms with van der Waals surface area (Å²) in [6.45, 7) is 1.97. The third-order valence-corrected chi connectivity index (χ3v) is 8.95. The van der Waals surface area contributed by atoms with Crippen LogP contribution in [0.2, 0.25) is 0 Å². The van der Waals surface area contributed by atoms with Crippen molar-refractivity contribution in [1.82, 2.24) is 14.3 Å². The number of hydrogen-bond acceptors (Lipinski definition) is 7. The zero-order valence-corrected chi connectivity index (χ0v) is 19.7. The Bertz CT molecular complexity index is 1270. The summed E-state index contributed by atoms with van der Waals surface area (Å²) in [6.07, 6.45) is 5.00. The fourth-order valence-electron chi connectivity index (χ4n) is 5.14. The highest BCUT2D eigenvalue weighted by Crippen LogP contribution is 2.44. The second kappa shape index (κ2) is 8.46. The minimum atomic E-state index is -3.75. The molecular weight excluding hydrogens is 440 g/mol. The zero-order chi connectivity index (χ0) is 23.1. The van der Waals surface area contributed by atoms with Crippen LogP contribution in [0.5, 0.6) is 11.5 Å². The van der Waals surface area contributed by atoms with Gasteiger partial charge >= 0.3 is 0 Å². The van der Waals surface area contributed by atoms with Crippen LogP contribution < -0.4 is 14.4 Å². The molecule has 2 aromatic carbocycles. The minimum absolute atomic E-state index is 0.161. The predicted molar refractivity (Wildman–Crippen MR) is 126 cm³/mol. The van der Waals surface area contributed by atoms with E-state index in [2.05, 4.69) is 9.88 Å². The van der Waals surface area contributed by atoms with Gasteiger partial charge in [0.25, 0.3) is 0 Å². The van der Waals surface area contributed by atoms with Crippen LogP contribution >= 0.6 is 0 Å². The summed E-state index contributed by atoms with van der Waals surface area (Å²) in [7, 11) is -0.733. The maximum absolute atomic E-state index is 13.8. The first kappa shape index (κ1) is 21.9. The van der Waals surface area contributed by atoms with Gasteiger partial charge in [-0.05, 0) is 49.9 Å². The number of methoxy groups -OCH3 is 2. The highest BCUT2D eigenvalue weighted by atomic mass is 32.2. The molecule has 5 rings (SSSR count). The Labute approximate surface area is 194 Å². The SMILES string of the molecule is COc1ccc(OC)c(S(=O)(=O)N2CCCC23CCN(c2cnc4ccccc4n2)CC3)c1. The molecule has 0 radical (unpaired) electrons. The van der Waals surface area contributed by atoms with Gasteiger partial charge in [-0.25, -0.2) is 13.4 Å². The van der Waals surface area contributed by atoms with E-state index in [-0.39, 0.29) is 4.90 Å². The van der Waals surface area contributed by atoms with Crippen molar-refractivity contribution in [3.63, 3.8) is 0 Å². The highest BCUT2D eigenvalue weighted by molar-refractivity contribution is 7.89. The summed E-state index contributed by atoms with van der Waals surface area (Å²) >= 11 is 0. The van der Waals surface area contributed by atoms with Crippen LogP contribution in [0.25, 0.3) is 11.0 Å². The molecule has 3 aromatic rings. The molecule has 0 N–H and O–H groups in total. The molecule has 1 spiro atoms. The number of piperidine rings is 1. The van der Waals surface area contributed by atoms with Crippen molar-refractivity contribution >= 4 is 26.9 Å². The van der Waals surface area contributed by atoms with Crippen molar-refractivity contribution in [3.05, 3.63) is 48.7 Å². The van der Waals surface area contributed by atoms with Crippen molar-refractivity contribution in [2.75, 3.05) is 38.8 Å². The summed E-state index contributed by atoms with van der Waals surface area (Å²) in [5.41, 5.74) is 1.34. The lowest BCUT2D eigenvalue weighted by molar-refractivity contribution is 0.192. The molecule has 33 heavy (non-hydrogen) atoms. The molecule has 174 valence electrons. The van der Waals surface area contributed by atoms with Crippen molar-refractivity contribution in [1.29, 1.82) is 0 Å². The highest BCUT2D eigenvalue weighted by Gasteiger charge is 2.49. The topological polar surface area (TPSA) is 84.9 Å². The number of benzene rings is 2. The van der Waals surface area contributed by atoms with Crippen molar-refractivity contribution in [3.8, 4) is 11.5 Å². The van der Waals surface area contributed by atoms with Gasteiger partial charge in [0.1, 0.15) is 22.2 Å². The largest absolute Gasteiger partial charge is 0.497 e. The van der Waals surface area contributed by atoms with Gasteiger partial charge in [-0.1, -0.05) is 12.1 Å². The zero-order valence-electron chi connectivity index (χ0n) is 18.9. The van der Waals surface area contributed by atoms with Gasteiger partial charge in [-0.2, -0.15) is 4.31 Å². The molecule has 9 heteroatoms. The fraction of sp³-hybridized carbons (Fsp3) is 0.417. The van der Waals surface area contributed by atoms with Gasteiger partial charge in [0.05, 0.1) is 31.4 Å². The van der Waals surface area contributed by atoms with E-state index in [1.165, 1.54) is 14.2 Å². The lowest BCUT2D eigenvalue weighted by Gasteiger charge is -2.44. The average Bonchev–Trinajstić information content (AvgIpc) is 3.27. The molecule has 2 saturated heterocycles. The number of hydrogen-bond donors (Lipinski definition) is 0. The second-order valence-electron chi connectivity index (χ2n) is 8.63. The lowest BCUT2D eigenvalue weighted by Crippen LogP contribution is -2.54. The number of rotatable bonds is 5. The van der Waals surface area contributed by atoms with Crippen LogP contribution in [0.15, 0.2) is 53.6 Å². The third kappa shape index (κ3) is 3.79. The quantitative estimate of drug-likeness (QED) is 0.567. The summed E-state index contributed by atoms with van der Waals surface area (Å²) in [5.74, 6) is 1.67. The molecule has 2 fully saturated rings. The molecule has 0 unspecified atom stereocenters. The summed E-state index contributed by atoms with van der Waals surface area (Å²) in [5, 5.41) is 0. The molecule has 1 aromatic heterocycles. The maximum atomic E-state index is 13.8. The Morgan fingerprint density at radius 1 is 0.939 bits per heavy atom. The number of para-hydroxylation sites is 2. The second-order valence-corrected chi connectivity index (χ2v) is 10.5. The van der Waals surface area contributed by atoms with Crippen molar-refractivity contribution < 1.29 is 17.9 Å². The Hall–Kier alpha value is -2.91. The van der Waals surface area contributed by atoms with Crippen LogP contribution in [-0.2, 0) is 10.0 Å². The Morgan fingerprint density at radius 2 is 1.70 bits per heavy atom. The molecule has 0 bridgehead atoms. The van der Waals surface area contributed by atoms with E-state index < -0.39 is 15.6 Å².